The van der Waals surface area contributed by atoms with E-state index in [2.05, 4.69) is 30.3 Å². The van der Waals surface area contributed by atoms with Gasteiger partial charge in [0, 0.05) is 18.4 Å². The number of esters is 1. The zero-order valence-corrected chi connectivity index (χ0v) is 16.7. The van der Waals surface area contributed by atoms with E-state index >= 15 is 0 Å². The van der Waals surface area contributed by atoms with Crippen molar-refractivity contribution in [3.05, 3.63) is 29.8 Å². The molecule has 0 radical (unpaired) electrons. The van der Waals surface area contributed by atoms with Gasteiger partial charge < -0.3 is 20.1 Å². The lowest BCUT2D eigenvalue weighted by molar-refractivity contribution is -0.138. The monoisotopic (exact) mass is 390 g/mol. The van der Waals surface area contributed by atoms with Crippen molar-refractivity contribution in [1.29, 1.82) is 0 Å². The summed E-state index contributed by atoms with van der Waals surface area (Å²) in [5, 5.41) is 10.8. The molecule has 1 aliphatic heterocycles. The van der Waals surface area contributed by atoms with Gasteiger partial charge in [-0.15, -0.1) is 0 Å². The van der Waals surface area contributed by atoms with Gasteiger partial charge in [-0.1, -0.05) is 25.5 Å². The Morgan fingerprint density at radius 2 is 2.04 bits per heavy atom. The van der Waals surface area contributed by atoms with Gasteiger partial charge in [-0.25, -0.2) is 0 Å². The number of hydrogen-bond acceptors (Lipinski definition) is 5. The third kappa shape index (κ3) is 6.34. The van der Waals surface area contributed by atoms with Gasteiger partial charge in [0.05, 0.1) is 6.42 Å². The van der Waals surface area contributed by atoms with Crippen LogP contribution >= 0.6 is 0 Å². The molecule has 2 rings (SSSR count). The smallest absolute Gasteiger partial charge is 0.322 e. The lowest BCUT2D eigenvalue weighted by Gasteiger charge is -2.35. The van der Waals surface area contributed by atoms with Crippen molar-refractivity contribution < 1.29 is 24.2 Å². The third-order valence-electron chi connectivity index (χ3n) is 5.37. The summed E-state index contributed by atoms with van der Waals surface area (Å²) in [5.74, 6) is -1.64. The second-order valence-corrected chi connectivity index (χ2v) is 7.50. The number of carboxylic acid groups (broad SMARTS) is 1. The van der Waals surface area contributed by atoms with Gasteiger partial charge in [0.2, 0.25) is 5.91 Å². The van der Waals surface area contributed by atoms with Crippen molar-refractivity contribution in [2.75, 3.05) is 26.7 Å². The molecule has 0 saturated carbocycles. The molecule has 0 bridgehead atoms. The fraction of sp³-hybridized carbons (Fsp3) is 0.571. The van der Waals surface area contributed by atoms with E-state index in [1.807, 2.05) is 12.1 Å². The molecule has 1 aromatic carbocycles. The minimum absolute atomic E-state index is 0.0460. The summed E-state index contributed by atoms with van der Waals surface area (Å²) in [7, 11) is 2.15. The Kier molecular flexibility index (Phi) is 7.99. The number of ether oxygens (including phenoxy) is 1. The van der Waals surface area contributed by atoms with Crippen LogP contribution in [0.3, 0.4) is 0 Å². The molecule has 1 amide bonds. The Labute approximate surface area is 166 Å². The van der Waals surface area contributed by atoms with Crippen molar-refractivity contribution in [2.45, 2.75) is 50.9 Å². The van der Waals surface area contributed by atoms with Gasteiger partial charge in [0.15, 0.2) is 0 Å². The molecular weight excluding hydrogens is 360 g/mol. The topological polar surface area (TPSA) is 95.9 Å². The molecule has 7 nitrogen and oxygen atoms in total. The van der Waals surface area contributed by atoms with E-state index in [0.717, 1.165) is 25.9 Å². The zero-order chi connectivity index (χ0) is 20.6. The second kappa shape index (κ2) is 10.2. The largest absolute Gasteiger partial charge is 0.480 e. The molecule has 154 valence electrons. The van der Waals surface area contributed by atoms with Crippen LogP contribution in [-0.4, -0.2) is 54.5 Å². The van der Waals surface area contributed by atoms with Crippen LogP contribution in [0.15, 0.2) is 24.3 Å². The molecule has 1 heterocycles. The summed E-state index contributed by atoms with van der Waals surface area (Å²) in [4.78, 5) is 36.4. The van der Waals surface area contributed by atoms with E-state index in [4.69, 9.17) is 9.84 Å². The number of hydrogen-bond donors (Lipinski definition) is 2. The number of nitrogens with zero attached hydrogens (tertiary/aromatic N) is 1. The maximum absolute atomic E-state index is 12.1. The fourth-order valence-electron chi connectivity index (χ4n) is 3.80. The Hall–Kier alpha value is -2.41. The van der Waals surface area contributed by atoms with Crippen LogP contribution < -0.4 is 10.1 Å². The first-order valence-corrected chi connectivity index (χ1v) is 9.83. The standard InChI is InChI=1S/C21H30N2O5/c1-3-21(11-4-5-12-23(2)15-21)16-7-6-8-17(13-16)28-20(27)10-9-18(24)22-14-19(25)26/h6-8,13H,3-5,9-12,14-15H2,1-2H3,(H,22,24)(H,25,26). The number of carbonyl (C=O) groups excluding carboxylic acids is 2. The molecule has 0 spiro atoms. The maximum atomic E-state index is 12.1. The number of amides is 1. The van der Waals surface area contributed by atoms with Crippen LogP contribution in [0, 0.1) is 0 Å². The van der Waals surface area contributed by atoms with Gasteiger partial charge in [-0.3, -0.25) is 14.4 Å². The Morgan fingerprint density at radius 1 is 1.25 bits per heavy atom. The summed E-state index contributed by atoms with van der Waals surface area (Å²) < 4.78 is 5.42. The van der Waals surface area contributed by atoms with E-state index < -0.39 is 24.4 Å². The minimum Gasteiger partial charge on any atom is -0.480 e. The van der Waals surface area contributed by atoms with Crippen LogP contribution in [-0.2, 0) is 19.8 Å². The predicted octanol–water partition coefficient (Wildman–Crippen LogP) is 2.34. The molecule has 1 fully saturated rings. The third-order valence-corrected chi connectivity index (χ3v) is 5.37. The molecule has 0 aliphatic carbocycles. The number of likely N-dealkylation sites (tertiary alicyclic amines) is 1. The highest BCUT2D eigenvalue weighted by Gasteiger charge is 2.33. The van der Waals surface area contributed by atoms with Crippen LogP contribution in [0.4, 0.5) is 0 Å². The average Bonchev–Trinajstić information content (AvgIpc) is 2.87. The summed E-state index contributed by atoms with van der Waals surface area (Å²) in [6.07, 6.45) is 4.28. The summed E-state index contributed by atoms with van der Waals surface area (Å²) >= 11 is 0. The number of carboxylic acids is 1. The molecule has 2 N–H and O–H groups in total. The number of likely N-dealkylation sites (N-methyl/N-ethyl adjacent to an activating group) is 1. The van der Waals surface area contributed by atoms with Crippen LogP contribution in [0.25, 0.3) is 0 Å². The van der Waals surface area contributed by atoms with Crippen molar-refractivity contribution in [2.24, 2.45) is 0 Å². The molecule has 1 aromatic rings. The first-order chi connectivity index (χ1) is 13.3. The first-order valence-electron chi connectivity index (χ1n) is 9.83. The van der Waals surface area contributed by atoms with E-state index in [9.17, 15) is 14.4 Å². The van der Waals surface area contributed by atoms with Crippen molar-refractivity contribution in [3.63, 3.8) is 0 Å². The number of aliphatic carboxylic acids is 1. The van der Waals surface area contributed by atoms with Gasteiger partial charge in [0.25, 0.3) is 0 Å². The highest BCUT2D eigenvalue weighted by Crippen LogP contribution is 2.37. The predicted molar refractivity (Wildman–Crippen MR) is 105 cm³/mol. The Balaban J connectivity index is 1.99. The number of nitrogens with one attached hydrogen (secondary N) is 1. The quantitative estimate of drug-likeness (QED) is 0.522. The fourth-order valence-corrected chi connectivity index (χ4v) is 3.80. The summed E-state index contributed by atoms with van der Waals surface area (Å²) in [6, 6.07) is 7.68. The van der Waals surface area contributed by atoms with Gasteiger partial charge >= 0.3 is 11.9 Å². The van der Waals surface area contributed by atoms with Crippen LogP contribution in [0.1, 0.15) is 51.0 Å². The van der Waals surface area contributed by atoms with Crippen molar-refractivity contribution in [3.8, 4) is 5.75 Å². The molecule has 1 saturated heterocycles. The lowest BCUT2D eigenvalue weighted by Crippen LogP contribution is -2.37. The first kappa shape index (κ1) is 21.9. The van der Waals surface area contributed by atoms with Crippen molar-refractivity contribution in [1.82, 2.24) is 10.2 Å². The van der Waals surface area contributed by atoms with Gasteiger partial charge in [-0.05, 0) is 50.6 Å². The number of rotatable bonds is 8. The minimum atomic E-state index is -1.12. The van der Waals surface area contributed by atoms with Crippen LogP contribution in [0.2, 0.25) is 0 Å². The molecule has 1 atom stereocenters. The highest BCUT2D eigenvalue weighted by molar-refractivity contribution is 5.84. The maximum Gasteiger partial charge on any atom is 0.322 e. The highest BCUT2D eigenvalue weighted by atomic mass is 16.5. The lowest BCUT2D eigenvalue weighted by atomic mass is 9.74. The molecule has 0 aromatic heterocycles. The SMILES string of the molecule is CCC1(c2cccc(OC(=O)CCC(=O)NCC(=O)O)c2)CCCCN(C)C1. The molecule has 1 aliphatic rings. The second-order valence-electron chi connectivity index (χ2n) is 7.50. The molecule has 28 heavy (non-hydrogen) atoms. The van der Waals surface area contributed by atoms with E-state index in [1.54, 1.807) is 6.07 Å². The average molecular weight is 390 g/mol. The number of carbonyl (C=O) groups is 3. The van der Waals surface area contributed by atoms with Gasteiger partial charge in [0.1, 0.15) is 12.3 Å². The van der Waals surface area contributed by atoms with E-state index in [-0.39, 0.29) is 18.3 Å². The van der Waals surface area contributed by atoms with Crippen molar-refractivity contribution >= 4 is 17.8 Å². The Bertz CT molecular complexity index is 706. The van der Waals surface area contributed by atoms with E-state index in [1.165, 1.54) is 18.4 Å². The van der Waals surface area contributed by atoms with Gasteiger partial charge in [-0.2, -0.15) is 0 Å². The Morgan fingerprint density at radius 3 is 2.75 bits per heavy atom. The number of benzene rings is 1. The van der Waals surface area contributed by atoms with E-state index in [0.29, 0.717) is 5.75 Å². The summed E-state index contributed by atoms with van der Waals surface area (Å²) in [6.45, 7) is 3.82. The zero-order valence-electron chi connectivity index (χ0n) is 16.7. The molecular formula is C21H30N2O5. The normalized spacial score (nSPS) is 20.2. The molecule has 1 unspecified atom stereocenters. The molecule has 7 heteroatoms. The summed E-state index contributed by atoms with van der Waals surface area (Å²) in [5.41, 5.74) is 1.22. The van der Waals surface area contributed by atoms with Crippen LogP contribution in [0.5, 0.6) is 5.75 Å².